The van der Waals surface area contributed by atoms with Gasteiger partial charge in [-0.15, -0.1) is 0 Å². The fraction of sp³-hybridized carbons (Fsp3) is 0.412. The van der Waals surface area contributed by atoms with E-state index in [1.807, 2.05) is 36.5 Å². The number of aromatic nitrogens is 2. The molecular formula is C17H18ClN3O2. The van der Waals surface area contributed by atoms with Gasteiger partial charge >= 0.3 is 0 Å². The fourth-order valence-electron chi connectivity index (χ4n) is 3.53. The van der Waals surface area contributed by atoms with Crippen LogP contribution in [0.25, 0.3) is 0 Å². The van der Waals surface area contributed by atoms with E-state index in [1.165, 1.54) is 0 Å². The summed E-state index contributed by atoms with van der Waals surface area (Å²) in [5, 5.41) is 4.90. The Morgan fingerprint density at radius 1 is 1.43 bits per heavy atom. The van der Waals surface area contributed by atoms with Gasteiger partial charge in [0.05, 0.1) is 12.2 Å². The quantitative estimate of drug-likeness (QED) is 0.850. The highest BCUT2D eigenvalue weighted by Gasteiger charge is 2.38. The smallest absolute Gasteiger partial charge is 0.264 e. The van der Waals surface area contributed by atoms with Gasteiger partial charge in [0.2, 0.25) is 0 Å². The summed E-state index contributed by atoms with van der Waals surface area (Å²) in [6.07, 6.45) is 5.96. The molecule has 3 heterocycles. The zero-order valence-corrected chi connectivity index (χ0v) is 13.7. The lowest BCUT2D eigenvalue weighted by Gasteiger charge is -2.26. The number of carbonyl (C=O) groups excluding carboxylic acids is 1. The number of benzene rings is 1. The van der Waals surface area contributed by atoms with E-state index in [0.717, 1.165) is 36.3 Å². The zero-order chi connectivity index (χ0) is 16.0. The second-order valence-electron chi connectivity index (χ2n) is 6.20. The topological polar surface area (TPSA) is 47.4 Å². The third-order valence-corrected chi connectivity index (χ3v) is 4.85. The molecule has 0 bridgehead atoms. The summed E-state index contributed by atoms with van der Waals surface area (Å²) >= 11 is 6.02. The summed E-state index contributed by atoms with van der Waals surface area (Å²) in [4.78, 5) is 14.9. The molecular weight excluding hydrogens is 314 g/mol. The first-order valence-electron chi connectivity index (χ1n) is 7.86. The number of hydrogen-bond acceptors (Lipinski definition) is 3. The molecule has 1 aromatic carbocycles. The molecule has 5 nitrogen and oxygen atoms in total. The second kappa shape index (κ2) is 5.57. The van der Waals surface area contributed by atoms with E-state index in [-0.39, 0.29) is 11.9 Å². The Labute approximate surface area is 139 Å². The molecule has 120 valence electrons. The molecule has 1 saturated heterocycles. The summed E-state index contributed by atoms with van der Waals surface area (Å²) in [5.41, 5.74) is 2.10. The maximum atomic E-state index is 12.9. The minimum atomic E-state index is -0.444. The van der Waals surface area contributed by atoms with Crippen molar-refractivity contribution >= 4 is 17.5 Å². The molecule has 6 heteroatoms. The number of likely N-dealkylation sites (tertiary alicyclic amines) is 1. The minimum Gasteiger partial charge on any atom is -0.480 e. The summed E-state index contributed by atoms with van der Waals surface area (Å²) in [6, 6.07) is 5.62. The van der Waals surface area contributed by atoms with E-state index < -0.39 is 6.10 Å². The summed E-state index contributed by atoms with van der Waals surface area (Å²) < 4.78 is 7.63. The van der Waals surface area contributed by atoms with Crippen LogP contribution in [0.2, 0.25) is 5.02 Å². The minimum absolute atomic E-state index is 0.0590. The maximum Gasteiger partial charge on any atom is 0.264 e. The predicted octanol–water partition coefficient (Wildman–Crippen LogP) is 2.74. The van der Waals surface area contributed by atoms with Crippen LogP contribution in [-0.2, 0) is 18.3 Å². The van der Waals surface area contributed by atoms with Gasteiger partial charge in [-0.25, -0.2) is 0 Å². The Balaban J connectivity index is 1.53. The number of rotatable bonds is 2. The summed E-state index contributed by atoms with van der Waals surface area (Å²) in [7, 11) is 1.89. The van der Waals surface area contributed by atoms with Crippen molar-refractivity contribution in [1.82, 2.24) is 14.7 Å². The maximum absolute atomic E-state index is 12.9. The van der Waals surface area contributed by atoms with Crippen molar-refractivity contribution in [3.05, 3.63) is 46.7 Å². The highest BCUT2D eigenvalue weighted by atomic mass is 35.5. The third kappa shape index (κ3) is 2.59. The van der Waals surface area contributed by atoms with Crippen LogP contribution in [0.15, 0.2) is 30.6 Å². The lowest BCUT2D eigenvalue weighted by molar-refractivity contribution is -0.138. The van der Waals surface area contributed by atoms with Gasteiger partial charge < -0.3 is 9.64 Å². The van der Waals surface area contributed by atoms with Gasteiger partial charge in [-0.3, -0.25) is 9.48 Å². The number of fused-ring (bicyclic) bond motifs is 1. The van der Waals surface area contributed by atoms with Crippen molar-refractivity contribution in [2.75, 3.05) is 6.54 Å². The molecule has 1 amide bonds. The highest BCUT2D eigenvalue weighted by molar-refractivity contribution is 6.30. The molecule has 2 aliphatic rings. The van der Waals surface area contributed by atoms with Crippen molar-refractivity contribution in [2.45, 2.75) is 31.4 Å². The SMILES string of the molecule is Cn1cc([C@@H]2CCCN2C(=O)[C@@H]2Cc3cc(Cl)ccc3O2)cn1. The fourth-order valence-corrected chi connectivity index (χ4v) is 3.72. The molecule has 2 atom stereocenters. The van der Waals surface area contributed by atoms with Crippen LogP contribution in [-0.4, -0.2) is 33.2 Å². The average Bonchev–Trinajstić information content (AvgIpc) is 3.23. The normalized spacial score (nSPS) is 23.0. The Bertz CT molecular complexity index is 758. The Morgan fingerprint density at radius 3 is 3.09 bits per heavy atom. The van der Waals surface area contributed by atoms with Crippen molar-refractivity contribution in [3.8, 4) is 5.75 Å². The van der Waals surface area contributed by atoms with Gasteiger partial charge in [0, 0.05) is 36.8 Å². The summed E-state index contributed by atoms with van der Waals surface area (Å²) in [6.45, 7) is 0.773. The lowest BCUT2D eigenvalue weighted by atomic mass is 10.1. The zero-order valence-electron chi connectivity index (χ0n) is 12.9. The van der Waals surface area contributed by atoms with E-state index in [4.69, 9.17) is 16.3 Å². The molecule has 2 aliphatic heterocycles. The number of amides is 1. The van der Waals surface area contributed by atoms with Crippen LogP contribution >= 0.6 is 11.6 Å². The first-order chi connectivity index (χ1) is 11.1. The van der Waals surface area contributed by atoms with E-state index in [0.29, 0.717) is 11.4 Å². The van der Waals surface area contributed by atoms with E-state index in [9.17, 15) is 4.79 Å². The highest BCUT2D eigenvalue weighted by Crippen LogP contribution is 2.36. The third-order valence-electron chi connectivity index (χ3n) is 4.62. The molecule has 0 aliphatic carbocycles. The molecule has 0 saturated carbocycles. The van der Waals surface area contributed by atoms with Crippen molar-refractivity contribution in [2.24, 2.45) is 7.05 Å². The lowest BCUT2D eigenvalue weighted by Crippen LogP contribution is -2.40. The predicted molar refractivity (Wildman–Crippen MR) is 86.5 cm³/mol. The Kier molecular flexibility index (Phi) is 3.53. The molecule has 0 unspecified atom stereocenters. The number of aryl methyl sites for hydroxylation is 1. The average molecular weight is 332 g/mol. The second-order valence-corrected chi connectivity index (χ2v) is 6.64. The molecule has 1 aromatic heterocycles. The molecule has 4 rings (SSSR count). The Hall–Kier alpha value is -2.01. The van der Waals surface area contributed by atoms with Crippen LogP contribution in [0, 0.1) is 0 Å². The molecule has 1 fully saturated rings. The number of halogens is 1. The van der Waals surface area contributed by atoms with E-state index in [2.05, 4.69) is 5.10 Å². The van der Waals surface area contributed by atoms with Crippen molar-refractivity contribution in [3.63, 3.8) is 0 Å². The van der Waals surface area contributed by atoms with Crippen LogP contribution < -0.4 is 4.74 Å². The molecule has 0 N–H and O–H groups in total. The van der Waals surface area contributed by atoms with Crippen LogP contribution in [0.5, 0.6) is 5.75 Å². The molecule has 23 heavy (non-hydrogen) atoms. The first-order valence-corrected chi connectivity index (χ1v) is 8.24. The number of hydrogen-bond donors (Lipinski definition) is 0. The number of ether oxygens (including phenoxy) is 1. The van der Waals surface area contributed by atoms with Gasteiger partial charge in [-0.2, -0.15) is 5.10 Å². The van der Waals surface area contributed by atoms with Crippen molar-refractivity contribution < 1.29 is 9.53 Å². The van der Waals surface area contributed by atoms with E-state index >= 15 is 0 Å². The Morgan fingerprint density at radius 2 is 2.30 bits per heavy atom. The number of carbonyl (C=O) groups is 1. The standard InChI is InChI=1S/C17H18ClN3O2/c1-20-10-12(9-19-20)14-3-2-6-21(14)17(22)16-8-11-7-13(18)4-5-15(11)23-16/h4-5,7,9-10,14,16H,2-3,6,8H2,1H3/t14-,16-/m0/s1. The molecule has 0 spiro atoms. The largest absolute Gasteiger partial charge is 0.480 e. The number of nitrogens with zero attached hydrogens (tertiary/aromatic N) is 3. The summed E-state index contributed by atoms with van der Waals surface area (Å²) in [5.74, 6) is 0.827. The van der Waals surface area contributed by atoms with Crippen LogP contribution in [0.4, 0.5) is 0 Å². The van der Waals surface area contributed by atoms with Gasteiger partial charge in [-0.05, 0) is 36.6 Å². The monoisotopic (exact) mass is 331 g/mol. The first kappa shape index (κ1) is 14.6. The van der Waals surface area contributed by atoms with Crippen molar-refractivity contribution in [1.29, 1.82) is 0 Å². The van der Waals surface area contributed by atoms with Gasteiger partial charge in [0.25, 0.3) is 5.91 Å². The van der Waals surface area contributed by atoms with Gasteiger partial charge in [0.1, 0.15) is 5.75 Å². The van der Waals surface area contributed by atoms with Gasteiger partial charge in [0.15, 0.2) is 6.10 Å². The molecule has 2 aromatic rings. The van der Waals surface area contributed by atoms with Gasteiger partial charge in [-0.1, -0.05) is 11.6 Å². The van der Waals surface area contributed by atoms with E-state index in [1.54, 1.807) is 10.7 Å². The van der Waals surface area contributed by atoms with Crippen LogP contribution in [0.3, 0.4) is 0 Å². The molecule has 0 radical (unpaired) electrons. The van der Waals surface area contributed by atoms with Crippen LogP contribution in [0.1, 0.15) is 30.0 Å².